The van der Waals surface area contributed by atoms with Crippen LogP contribution in [0.25, 0.3) is 0 Å². The summed E-state index contributed by atoms with van der Waals surface area (Å²) in [5.41, 5.74) is 1.18. The number of benzene rings is 1. The molecule has 0 aromatic heterocycles. The molecule has 13 nitrogen and oxygen atoms in total. The summed E-state index contributed by atoms with van der Waals surface area (Å²) in [6.07, 6.45) is -11.1. The molecule has 13 heteroatoms. The molecule has 0 bridgehead atoms. The minimum atomic E-state index is -1.66. The van der Waals surface area contributed by atoms with Crippen LogP contribution >= 0.6 is 0 Å². The van der Waals surface area contributed by atoms with Crippen LogP contribution in [0.1, 0.15) is 43.6 Å². The molecule has 0 radical (unpaired) electrons. The van der Waals surface area contributed by atoms with Crippen LogP contribution in [0.15, 0.2) is 24.3 Å². The van der Waals surface area contributed by atoms with Gasteiger partial charge in [-0.3, -0.25) is 9.59 Å². The Hall–Kier alpha value is -2.20. The number of hydrogen-bond acceptors (Lipinski definition) is 11. The second-order valence-corrected chi connectivity index (χ2v) is 10.8. The normalized spacial score (nSPS) is 35.3. The van der Waals surface area contributed by atoms with Crippen molar-refractivity contribution in [3.63, 3.8) is 0 Å². The van der Waals surface area contributed by atoms with Crippen LogP contribution in [-0.2, 0) is 29.2 Å². The maximum atomic E-state index is 13.0. The molecule has 39 heavy (non-hydrogen) atoms. The van der Waals surface area contributed by atoms with Crippen molar-refractivity contribution in [3.05, 3.63) is 35.4 Å². The van der Waals surface area contributed by atoms with Gasteiger partial charge in [0.1, 0.15) is 42.7 Å². The minimum Gasteiger partial charge on any atom is -0.394 e. The van der Waals surface area contributed by atoms with Crippen LogP contribution in [0.2, 0.25) is 0 Å². The number of carbonyl (C=O) groups excluding carboxylic acids is 2. The number of ether oxygens (including phenoxy) is 4. The molecule has 2 amide bonds. The Labute approximate surface area is 227 Å². The number of aliphatic hydroxyl groups is 5. The maximum absolute atomic E-state index is 13.0. The Morgan fingerprint density at radius 2 is 1.46 bits per heavy atom. The SMILES string of the molecule is CO[C@@H]1OC(CO)[C@@H](O[C@@H]2OC(CO)[C@H](O)C(NC(=O)c3ccc(C(C)(C)C)cc3)[C@@H]2O)C(O)[C@@H]1NC(C)=O. The number of methoxy groups -OCH3 is 1. The predicted octanol–water partition coefficient (Wildman–Crippen LogP) is -1.86. The Kier molecular flexibility index (Phi) is 10.4. The summed E-state index contributed by atoms with van der Waals surface area (Å²) < 4.78 is 22.2. The number of hydrogen-bond donors (Lipinski definition) is 7. The number of nitrogens with one attached hydrogen (secondary N) is 2. The lowest BCUT2D eigenvalue weighted by Gasteiger charge is -2.47. The van der Waals surface area contributed by atoms with E-state index in [1.165, 1.54) is 14.0 Å². The van der Waals surface area contributed by atoms with E-state index >= 15 is 0 Å². The summed E-state index contributed by atoms with van der Waals surface area (Å²) in [6, 6.07) is 4.46. The van der Waals surface area contributed by atoms with E-state index in [4.69, 9.17) is 18.9 Å². The third-order valence-electron chi connectivity index (χ3n) is 6.94. The molecule has 7 N–H and O–H groups in total. The molecule has 2 heterocycles. The summed E-state index contributed by atoms with van der Waals surface area (Å²) in [6.45, 7) is 6.06. The quantitative estimate of drug-likeness (QED) is 0.190. The van der Waals surface area contributed by atoms with E-state index in [0.29, 0.717) is 0 Å². The number of carbonyl (C=O) groups is 2. The molecule has 0 saturated carbocycles. The lowest BCUT2D eigenvalue weighted by molar-refractivity contribution is -0.336. The molecule has 0 aliphatic carbocycles. The summed E-state index contributed by atoms with van der Waals surface area (Å²) in [7, 11) is 1.30. The first-order valence-corrected chi connectivity index (χ1v) is 12.8. The van der Waals surface area contributed by atoms with E-state index in [1.54, 1.807) is 12.1 Å². The molecule has 1 aromatic carbocycles. The van der Waals surface area contributed by atoms with E-state index in [1.807, 2.05) is 32.9 Å². The zero-order valence-electron chi connectivity index (χ0n) is 22.7. The van der Waals surface area contributed by atoms with Crippen LogP contribution in [0.3, 0.4) is 0 Å². The van der Waals surface area contributed by atoms with Gasteiger partial charge in [0.25, 0.3) is 5.91 Å². The summed E-state index contributed by atoms with van der Waals surface area (Å²) in [5.74, 6) is -1.07. The van der Waals surface area contributed by atoms with E-state index in [-0.39, 0.29) is 11.0 Å². The maximum Gasteiger partial charge on any atom is 0.251 e. The first-order chi connectivity index (χ1) is 18.3. The highest BCUT2D eigenvalue weighted by Crippen LogP contribution is 2.30. The third-order valence-corrected chi connectivity index (χ3v) is 6.94. The van der Waals surface area contributed by atoms with Gasteiger partial charge >= 0.3 is 0 Å². The highest BCUT2D eigenvalue weighted by Gasteiger charge is 2.51. The van der Waals surface area contributed by atoms with Gasteiger partial charge in [-0.1, -0.05) is 32.9 Å². The summed E-state index contributed by atoms with van der Waals surface area (Å²) in [4.78, 5) is 24.7. The predicted molar refractivity (Wildman–Crippen MR) is 135 cm³/mol. The van der Waals surface area contributed by atoms with Gasteiger partial charge in [0.05, 0.1) is 19.3 Å². The van der Waals surface area contributed by atoms with Gasteiger partial charge in [0.15, 0.2) is 12.6 Å². The van der Waals surface area contributed by atoms with Crippen molar-refractivity contribution in [3.8, 4) is 0 Å². The topological polar surface area (TPSA) is 196 Å². The minimum absolute atomic E-state index is 0.122. The average molecular weight is 557 g/mol. The number of aliphatic hydroxyl groups excluding tert-OH is 5. The highest BCUT2D eigenvalue weighted by atomic mass is 16.7. The van der Waals surface area contributed by atoms with E-state index < -0.39 is 86.3 Å². The first kappa shape index (κ1) is 31.3. The lowest BCUT2D eigenvalue weighted by atomic mass is 9.86. The van der Waals surface area contributed by atoms with Crippen molar-refractivity contribution < 1.29 is 54.1 Å². The van der Waals surface area contributed by atoms with Crippen molar-refractivity contribution >= 4 is 11.8 Å². The van der Waals surface area contributed by atoms with Crippen molar-refractivity contribution in [2.24, 2.45) is 0 Å². The third kappa shape index (κ3) is 7.12. The molecule has 1 aromatic rings. The van der Waals surface area contributed by atoms with Gasteiger partial charge in [0, 0.05) is 19.6 Å². The van der Waals surface area contributed by atoms with Crippen molar-refractivity contribution in [2.45, 2.75) is 94.4 Å². The van der Waals surface area contributed by atoms with Gasteiger partial charge in [-0.15, -0.1) is 0 Å². The highest BCUT2D eigenvalue weighted by molar-refractivity contribution is 5.94. The standard InChI is InChI=1S/C26H40N2O11/c1-12(31)27-18-20(33)22(16(11-30)38-24(18)36-5)39-25-21(34)17(19(32)15(10-29)37-25)28-23(35)13-6-8-14(9-7-13)26(2,3)4/h6-9,15-22,24-25,29-30,32-34H,10-11H2,1-5H3,(H,27,31)(H,28,35)/t15?,16?,17?,18-,19-,20?,21-,22+,24+,25-/m0/s1. The summed E-state index contributed by atoms with van der Waals surface area (Å²) in [5, 5.41) is 57.5. The molecule has 2 saturated heterocycles. The molecule has 4 unspecified atom stereocenters. The zero-order valence-corrected chi connectivity index (χ0v) is 22.7. The molecule has 10 atom stereocenters. The molecule has 220 valence electrons. The van der Waals surface area contributed by atoms with Crippen molar-refractivity contribution in [1.29, 1.82) is 0 Å². The Morgan fingerprint density at radius 3 is 1.97 bits per heavy atom. The average Bonchev–Trinajstić information content (AvgIpc) is 2.89. The zero-order chi connectivity index (χ0) is 29.1. The van der Waals surface area contributed by atoms with Gasteiger partial charge in [-0.05, 0) is 23.1 Å². The monoisotopic (exact) mass is 556 g/mol. The van der Waals surface area contributed by atoms with E-state index in [2.05, 4.69) is 10.6 Å². The molecule has 3 rings (SSSR count). The van der Waals surface area contributed by atoms with Crippen LogP contribution in [-0.4, -0.2) is 119 Å². The van der Waals surface area contributed by atoms with Gasteiger partial charge in [-0.2, -0.15) is 0 Å². The van der Waals surface area contributed by atoms with Gasteiger partial charge in [-0.25, -0.2) is 0 Å². The fourth-order valence-electron chi connectivity index (χ4n) is 4.71. The van der Waals surface area contributed by atoms with Crippen molar-refractivity contribution in [1.82, 2.24) is 10.6 Å². The summed E-state index contributed by atoms with van der Waals surface area (Å²) >= 11 is 0. The molecule has 2 aliphatic heterocycles. The van der Waals surface area contributed by atoms with Crippen molar-refractivity contribution in [2.75, 3.05) is 20.3 Å². The Balaban J connectivity index is 1.80. The molecule has 0 spiro atoms. The molecule has 2 aliphatic rings. The van der Waals surface area contributed by atoms with E-state index in [0.717, 1.165) is 5.56 Å². The fraction of sp³-hybridized carbons (Fsp3) is 0.692. The number of amides is 2. The second-order valence-electron chi connectivity index (χ2n) is 10.8. The van der Waals surface area contributed by atoms with Crippen LogP contribution in [0, 0.1) is 0 Å². The smallest absolute Gasteiger partial charge is 0.251 e. The number of rotatable bonds is 8. The van der Waals surface area contributed by atoms with E-state index in [9.17, 15) is 35.1 Å². The second kappa shape index (κ2) is 13.0. The largest absolute Gasteiger partial charge is 0.394 e. The molecular weight excluding hydrogens is 516 g/mol. The van der Waals surface area contributed by atoms with Crippen LogP contribution < -0.4 is 10.6 Å². The Bertz CT molecular complexity index is 970. The first-order valence-electron chi connectivity index (χ1n) is 12.8. The Morgan fingerprint density at radius 1 is 0.872 bits per heavy atom. The molecule has 2 fully saturated rings. The molecular formula is C26H40N2O11. The lowest BCUT2D eigenvalue weighted by Crippen LogP contribution is -2.69. The van der Waals surface area contributed by atoms with Gasteiger partial charge in [0.2, 0.25) is 5.91 Å². The fourth-order valence-corrected chi connectivity index (χ4v) is 4.71. The van der Waals surface area contributed by atoms with Crippen LogP contribution in [0.5, 0.6) is 0 Å². The van der Waals surface area contributed by atoms with Gasteiger partial charge < -0.3 is 55.1 Å². The van der Waals surface area contributed by atoms with Crippen LogP contribution in [0.4, 0.5) is 0 Å².